The highest BCUT2D eigenvalue weighted by molar-refractivity contribution is 6.30. The number of benzene rings is 2. The number of anilines is 1. The van der Waals surface area contributed by atoms with Crippen molar-refractivity contribution in [2.75, 3.05) is 11.9 Å². The predicted octanol–water partition coefficient (Wildman–Crippen LogP) is 3.41. The normalized spacial score (nSPS) is 10.1. The van der Waals surface area contributed by atoms with Crippen LogP contribution in [-0.2, 0) is 9.53 Å². The summed E-state index contributed by atoms with van der Waals surface area (Å²) in [5, 5.41) is 2.46. The Bertz CT molecular complexity index is 722. The summed E-state index contributed by atoms with van der Waals surface area (Å²) in [5.41, 5.74) is -0.152. The molecule has 1 amide bonds. The SMILES string of the molecule is O=C(COC(=O)c1cccc(Cl)c1)Nc1cc(F)ccc1F. The Balaban J connectivity index is 1.93. The molecule has 0 fully saturated rings. The molecule has 0 aliphatic rings. The van der Waals surface area contributed by atoms with Crippen LogP contribution in [-0.4, -0.2) is 18.5 Å². The fraction of sp³-hybridized carbons (Fsp3) is 0.0667. The fourth-order valence-electron chi connectivity index (χ4n) is 1.61. The molecule has 0 heterocycles. The van der Waals surface area contributed by atoms with Gasteiger partial charge in [0.05, 0.1) is 11.3 Å². The molecule has 7 heteroatoms. The lowest BCUT2D eigenvalue weighted by Crippen LogP contribution is -2.21. The minimum Gasteiger partial charge on any atom is -0.452 e. The third-order valence-electron chi connectivity index (χ3n) is 2.60. The van der Waals surface area contributed by atoms with Crippen LogP contribution in [0.4, 0.5) is 14.5 Å². The van der Waals surface area contributed by atoms with Crippen LogP contribution < -0.4 is 5.32 Å². The second kappa shape index (κ2) is 7.00. The second-order valence-electron chi connectivity index (χ2n) is 4.26. The topological polar surface area (TPSA) is 55.4 Å². The van der Waals surface area contributed by atoms with Crippen LogP contribution in [0.5, 0.6) is 0 Å². The van der Waals surface area contributed by atoms with Crippen LogP contribution in [0.25, 0.3) is 0 Å². The van der Waals surface area contributed by atoms with Crippen molar-refractivity contribution in [3.63, 3.8) is 0 Å². The van der Waals surface area contributed by atoms with Crippen molar-refractivity contribution in [3.8, 4) is 0 Å². The van der Waals surface area contributed by atoms with Gasteiger partial charge >= 0.3 is 5.97 Å². The van der Waals surface area contributed by atoms with Crippen molar-refractivity contribution in [1.82, 2.24) is 0 Å². The molecule has 0 aliphatic heterocycles. The number of carbonyl (C=O) groups is 2. The number of hydrogen-bond donors (Lipinski definition) is 1. The van der Waals surface area contributed by atoms with Gasteiger partial charge in [0.15, 0.2) is 6.61 Å². The number of nitrogens with one attached hydrogen (secondary N) is 1. The zero-order chi connectivity index (χ0) is 16.1. The maximum Gasteiger partial charge on any atom is 0.338 e. The van der Waals surface area contributed by atoms with E-state index in [1.54, 1.807) is 12.1 Å². The van der Waals surface area contributed by atoms with Crippen molar-refractivity contribution >= 4 is 29.2 Å². The number of hydrogen-bond acceptors (Lipinski definition) is 3. The molecule has 1 N–H and O–H groups in total. The van der Waals surface area contributed by atoms with E-state index < -0.39 is 30.1 Å². The first kappa shape index (κ1) is 15.9. The third kappa shape index (κ3) is 4.26. The van der Waals surface area contributed by atoms with E-state index in [9.17, 15) is 18.4 Å². The van der Waals surface area contributed by atoms with Gasteiger partial charge in [-0.2, -0.15) is 0 Å². The van der Waals surface area contributed by atoms with Crippen LogP contribution in [0.15, 0.2) is 42.5 Å². The summed E-state index contributed by atoms with van der Waals surface area (Å²) in [6, 6.07) is 8.62. The van der Waals surface area contributed by atoms with Gasteiger partial charge in [0.25, 0.3) is 5.91 Å². The molecule has 0 atom stereocenters. The van der Waals surface area contributed by atoms with E-state index in [0.29, 0.717) is 5.02 Å². The summed E-state index contributed by atoms with van der Waals surface area (Å²) in [5.74, 6) is -3.04. The maximum atomic E-state index is 13.3. The number of esters is 1. The van der Waals surface area contributed by atoms with Gasteiger partial charge in [0.1, 0.15) is 11.6 Å². The lowest BCUT2D eigenvalue weighted by Gasteiger charge is -2.07. The molecular weight excluding hydrogens is 316 g/mol. The summed E-state index contributed by atoms with van der Waals surface area (Å²) >= 11 is 5.73. The van der Waals surface area contributed by atoms with Crippen LogP contribution in [0.3, 0.4) is 0 Å². The Labute approximate surface area is 129 Å². The summed E-state index contributed by atoms with van der Waals surface area (Å²) in [6.45, 7) is -0.638. The summed E-state index contributed by atoms with van der Waals surface area (Å²) in [6.07, 6.45) is 0. The monoisotopic (exact) mass is 325 g/mol. The van der Waals surface area contributed by atoms with E-state index in [0.717, 1.165) is 18.2 Å². The highest BCUT2D eigenvalue weighted by atomic mass is 35.5. The highest BCUT2D eigenvalue weighted by Gasteiger charge is 2.12. The van der Waals surface area contributed by atoms with Crippen molar-refractivity contribution in [3.05, 3.63) is 64.7 Å². The predicted molar refractivity (Wildman–Crippen MR) is 76.7 cm³/mol. The molecule has 0 aliphatic carbocycles. The van der Waals surface area contributed by atoms with E-state index >= 15 is 0 Å². The van der Waals surface area contributed by atoms with Crippen LogP contribution in [0.2, 0.25) is 5.02 Å². The Morgan fingerprint density at radius 2 is 1.91 bits per heavy atom. The molecule has 0 aromatic heterocycles. The number of halogens is 3. The van der Waals surface area contributed by atoms with E-state index in [4.69, 9.17) is 16.3 Å². The molecule has 0 saturated heterocycles. The minimum atomic E-state index is -0.795. The first-order chi connectivity index (χ1) is 10.5. The van der Waals surface area contributed by atoms with Crippen molar-refractivity contribution < 1.29 is 23.1 Å². The van der Waals surface area contributed by atoms with Crippen molar-refractivity contribution in [1.29, 1.82) is 0 Å². The first-order valence-corrected chi connectivity index (χ1v) is 6.51. The van der Waals surface area contributed by atoms with E-state index in [-0.39, 0.29) is 11.3 Å². The minimum absolute atomic E-state index is 0.178. The van der Waals surface area contributed by atoms with Gasteiger partial charge in [-0.1, -0.05) is 17.7 Å². The van der Waals surface area contributed by atoms with Crippen LogP contribution in [0, 0.1) is 11.6 Å². The van der Waals surface area contributed by atoms with Gasteiger partial charge in [-0.15, -0.1) is 0 Å². The molecule has 2 rings (SSSR count). The maximum absolute atomic E-state index is 13.3. The Morgan fingerprint density at radius 3 is 2.64 bits per heavy atom. The van der Waals surface area contributed by atoms with Crippen LogP contribution in [0.1, 0.15) is 10.4 Å². The third-order valence-corrected chi connectivity index (χ3v) is 2.83. The molecule has 2 aromatic carbocycles. The lowest BCUT2D eigenvalue weighted by molar-refractivity contribution is -0.119. The first-order valence-electron chi connectivity index (χ1n) is 6.13. The average molecular weight is 326 g/mol. The molecular formula is C15H10ClF2NO3. The van der Waals surface area contributed by atoms with E-state index in [2.05, 4.69) is 5.32 Å². The highest BCUT2D eigenvalue weighted by Crippen LogP contribution is 2.15. The molecule has 0 unspecified atom stereocenters. The van der Waals surface area contributed by atoms with Crippen molar-refractivity contribution in [2.45, 2.75) is 0 Å². The van der Waals surface area contributed by atoms with Gasteiger partial charge in [-0.05, 0) is 30.3 Å². The molecule has 2 aromatic rings. The molecule has 22 heavy (non-hydrogen) atoms. The molecule has 0 radical (unpaired) electrons. The largest absolute Gasteiger partial charge is 0.452 e. The Hall–Kier alpha value is -2.47. The van der Waals surface area contributed by atoms with Gasteiger partial charge in [0.2, 0.25) is 0 Å². The zero-order valence-electron chi connectivity index (χ0n) is 11.1. The summed E-state index contributed by atoms with van der Waals surface area (Å²) < 4.78 is 31.1. The Morgan fingerprint density at radius 1 is 1.14 bits per heavy atom. The fourth-order valence-corrected chi connectivity index (χ4v) is 1.80. The molecule has 4 nitrogen and oxygen atoms in total. The molecule has 0 spiro atoms. The smallest absolute Gasteiger partial charge is 0.338 e. The van der Waals surface area contributed by atoms with Gasteiger partial charge in [0, 0.05) is 11.1 Å². The van der Waals surface area contributed by atoms with E-state index in [1.165, 1.54) is 12.1 Å². The number of carbonyl (C=O) groups excluding carboxylic acids is 2. The van der Waals surface area contributed by atoms with E-state index in [1.807, 2.05) is 0 Å². The van der Waals surface area contributed by atoms with Gasteiger partial charge in [-0.25, -0.2) is 13.6 Å². The van der Waals surface area contributed by atoms with Gasteiger partial charge < -0.3 is 10.1 Å². The number of amides is 1. The standard InChI is InChI=1S/C15H10ClF2NO3/c16-10-3-1-2-9(6-10)15(21)22-8-14(20)19-13-7-11(17)4-5-12(13)18/h1-7H,8H2,(H,19,20). The van der Waals surface area contributed by atoms with Crippen molar-refractivity contribution in [2.24, 2.45) is 0 Å². The summed E-state index contributed by atoms with van der Waals surface area (Å²) in [7, 11) is 0. The lowest BCUT2D eigenvalue weighted by atomic mass is 10.2. The summed E-state index contributed by atoms with van der Waals surface area (Å²) in [4.78, 5) is 23.3. The average Bonchev–Trinajstić information content (AvgIpc) is 2.48. The second-order valence-corrected chi connectivity index (χ2v) is 4.70. The molecule has 0 bridgehead atoms. The number of ether oxygens (including phenoxy) is 1. The molecule has 114 valence electrons. The quantitative estimate of drug-likeness (QED) is 0.876. The van der Waals surface area contributed by atoms with Crippen LogP contribution >= 0.6 is 11.6 Å². The number of rotatable bonds is 4. The Kier molecular flexibility index (Phi) is 5.06. The zero-order valence-corrected chi connectivity index (χ0v) is 11.9. The van der Waals surface area contributed by atoms with Gasteiger partial charge in [-0.3, -0.25) is 4.79 Å². The molecule has 0 saturated carbocycles.